The van der Waals surface area contributed by atoms with Gasteiger partial charge in [-0.05, 0) is 62.1 Å². The van der Waals surface area contributed by atoms with Crippen LogP contribution in [0.1, 0.15) is 37.8 Å². The Balaban J connectivity index is 1.49. The van der Waals surface area contributed by atoms with E-state index in [2.05, 4.69) is 10.6 Å². The highest BCUT2D eigenvalue weighted by Crippen LogP contribution is 2.27. The fourth-order valence-corrected chi connectivity index (χ4v) is 3.88. The van der Waals surface area contributed by atoms with Crippen LogP contribution in [0.3, 0.4) is 0 Å². The second kappa shape index (κ2) is 9.83. The molecule has 1 saturated heterocycles. The molecule has 0 aliphatic carbocycles. The molecule has 1 fully saturated rings. The largest absolute Gasteiger partial charge is 0.497 e. The lowest BCUT2D eigenvalue weighted by atomic mass is 9.96. The number of nitrogens with zero attached hydrogens (tertiary/aromatic N) is 1. The number of hydrogen-bond donors (Lipinski definition) is 3. The number of likely N-dealkylation sites (tertiary alicyclic amines) is 1. The number of rotatable bonds is 7. The van der Waals surface area contributed by atoms with Crippen LogP contribution in [-0.4, -0.2) is 47.2 Å². The van der Waals surface area contributed by atoms with Gasteiger partial charge in [0.05, 0.1) is 25.2 Å². The number of methoxy groups -OCH3 is 1. The summed E-state index contributed by atoms with van der Waals surface area (Å²) in [6, 6.07) is 14.3. The molecule has 0 aromatic heterocycles. The number of nitrogens with one attached hydrogen (secondary N) is 2. The molecule has 0 radical (unpaired) electrons. The zero-order chi connectivity index (χ0) is 22.4. The van der Waals surface area contributed by atoms with Gasteiger partial charge in [0, 0.05) is 18.8 Å². The van der Waals surface area contributed by atoms with E-state index in [9.17, 15) is 14.7 Å². The van der Waals surface area contributed by atoms with Crippen LogP contribution in [0.5, 0.6) is 5.75 Å². The molecule has 0 bridgehead atoms. The zero-order valence-electron chi connectivity index (χ0n) is 18.4. The van der Waals surface area contributed by atoms with Gasteiger partial charge in [0.2, 0.25) is 5.91 Å². The van der Waals surface area contributed by atoms with E-state index in [1.165, 1.54) is 0 Å². The molecule has 2 aromatic carbocycles. The van der Waals surface area contributed by atoms with Crippen molar-refractivity contribution >= 4 is 17.6 Å². The van der Waals surface area contributed by atoms with Crippen LogP contribution < -0.4 is 15.4 Å². The van der Waals surface area contributed by atoms with Crippen LogP contribution in [0.2, 0.25) is 0 Å². The van der Waals surface area contributed by atoms with Crippen LogP contribution in [0.15, 0.2) is 48.5 Å². The fourth-order valence-electron chi connectivity index (χ4n) is 3.88. The van der Waals surface area contributed by atoms with E-state index in [0.29, 0.717) is 18.8 Å². The van der Waals surface area contributed by atoms with Crippen LogP contribution in [0, 0.1) is 0 Å². The summed E-state index contributed by atoms with van der Waals surface area (Å²) in [7, 11) is 1.61. The van der Waals surface area contributed by atoms with Gasteiger partial charge < -0.3 is 25.4 Å². The van der Waals surface area contributed by atoms with Gasteiger partial charge in [-0.2, -0.15) is 0 Å². The highest BCUT2D eigenvalue weighted by molar-refractivity contribution is 5.89. The van der Waals surface area contributed by atoms with Gasteiger partial charge in [-0.25, -0.2) is 4.79 Å². The van der Waals surface area contributed by atoms with E-state index in [1.54, 1.807) is 38.0 Å². The molecule has 166 valence electrons. The molecule has 1 atom stereocenters. The molecule has 2 aromatic rings. The van der Waals surface area contributed by atoms with Crippen molar-refractivity contribution in [3.8, 4) is 5.75 Å². The van der Waals surface area contributed by atoms with Gasteiger partial charge in [0.25, 0.3) is 0 Å². The van der Waals surface area contributed by atoms with E-state index < -0.39 is 5.60 Å². The maximum absolute atomic E-state index is 12.7. The summed E-state index contributed by atoms with van der Waals surface area (Å²) in [6.07, 6.45) is 2.01. The number of benzene rings is 2. The van der Waals surface area contributed by atoms with Crippen molar-refractivity contribution in [3.05, 3.63) is 59.7 Å². The van der Waals surface area contributed by atoms with Gasteiger partial charge >= 0.3 is 6.03 Å². The average molecular weight is 426 g/mol. The van der Waals surface area contributed by atoms with Crippen molar-refractivity contribution < 1.29 is 19.4 Å². The smallest absolute Gasteiger partial charge is 0.319 e. The lowest BCUT2D eigenvalue weighted by molar-refractivity contribution is -0.135. The van der Waals surface area contributed by atoms with E-state index >= 15 is 0 Å². The lowest BCUT2D eigenvalue weighted by Gasteiger charge is -2.34. The predicted molar refractivity (Wildman–Crippen MR) is 120 cm³/mol. The van der Waals surface area contributed by atoms with Gasteiger partial charge in [0.1, 0.15) is 5.75 Å². The molecule has 1 aliphatic heterocycles. The molecule has 0 spiro atoms. The Morgan fingerprint density at radius 3 is 2.35 bits per heavy atom. The number of hydrogen-bond acceptors (Lipinski definition) is 4. The summed E-state index contributed by atoms with van der Waals surface area (Å²) in [6.45, 7) is 4.59. The molecule has 1 aliphatic rings. The second-order valence-corrected chi connectivity index (χ2v) is 8.43. The minimum absolute atomic E-state index is 0.0163. The Kier molecular flexibility index (Phi) is 7.17. The quantitative estimate of drug-likeness (QED) is 0.635. The van der Waals surface area contributed by atoms with Gasteiger partial charge in [0.15, 0.2) is 0 Å². The third-order valence-electron chi connectivity index (χ3n) is 5.57. The first-order chi connectivity index (χ1) is 14.8. The summed E-state index contributed by atoms with van der Waals surface area (Å²) in [5.74, 6) is 0.787. The average Bonchev–Trinajstić information content (AvgIpc) is 3.25. The molecule has 3 rings (SSSR count). The van der Waals surface area contributed by atoms with Gasteiger partial charge in [-0.1, -0.05) is 24.3 Å². The monoisotopic (exact) mass is 425 g/mol. The standard InChI is InChI=1S/C24H31N3O4/c1-24(2,30)21-5-4-14-27(21)22(28)15-17-6-10-19(11-7-17)26-23(29)25-16-18-8-12-20(31-3)13-9-18/h6-13,21,30H,4-5,14-16H2,1-3H3,(H2,25,26,29)/t21-/m0/s1. The number of carbonyl (C=O) groups is 2. The minimum Gasteiger partial charge on any atom is -0.497 e. The third kappa shape index (κ3) is 6.21. The number of amides is 3. The van der Waals surface area contributed by atoms with Crippen LogP contribution in [0.4, 0.5) is 10.5 Å². The Morgan fingerprint density at radius 1 is 1.10 bits per heavy atom. The molecule has 31 heavy (non-hydrogen) atoms. The molecule has 7 heteroatoms. The summed E-state index contributed by atoms with van der Waals surface area (Å²) < 4.78 is 5.12. The molecule has 0 unspecified atom stereocenters. The third-order valence-corrected chi connectivity index (χ3v) is 5.57. The zero-order valence-corrected chi connectivity index (χ0v) is 18.4. The highest BCUT2D eigenvalue weighted by Gasteiger charge is 2.38. The molecule has 7 nitrogen and oxygen atoms in total. The van der Waals surface area contributed by atoms with Gasteiger partial charge in [-0.3, -0.25) is 4.79 Å². The van der Waals surface area contributed by atoms with Crippen molar-refractivity contribution in [2.45, 2.75) is 51.3 Å². The van der Waals surface area contributed by atoms with Crippen molar-refractivity contribution in [2.24, 2.45) is 0 Å². The summed E-state index contributed by atoms with van der Waals surface area (Å²) >= 11 is 0. The van der Waals surface area contributed by atoms with Crippen LogP contribution >= 0.6 is 0 Å². The Morgan fingerprint density at radius 2 is 1.74 bits per heavy atom. The first-order valence-electron chi connectivity index (χ1n) is 10.5. The molecular weight excluding hydrogens is 394 g/mol. The van der Waals surface area contributed by atoms with Crippen LogP contribution in [-0.2, 0) is 17.8 Å². The normalized spacial score (nSPS) is 16.1. The number of aliphatic hydroxyl groups is 1. The van der Waals surface area contributed by atoms with Crippen molar-refractivity contribution in [3.63, 3.8) is 0 Å². The second-order valence-electron chi connectivity index (χ2n) is 8.43. The van der Waals surface area contributed by atoms with E-state index in [0.717, 1.165) is 29.7 Å². The SMILES string of the molecule is COc1ccc(CNC(=O)Nc2ccc(CC(=O)N3CCC[C@H]3C(C)(C)O)cc2)cc1. The molecule has 1 heterocycles. The topological polar surface area (TPSA) is 90.9 Å². The molecule has 3 amide bonds. The number of carbonyl (C=O) groups excluding carboxylic acids is 2. The Bertz CT molecular complexity index is 889. The maximum atomic E-state index is 12.7. The van der Waals surface area contributed by atoms with E-state index in [1.807, 2.05) is 36.4 Å². The Labute approximate surface area is 183 Å². The van der Waals surface area contributed by atoms with E-state index in [-0.39, 0.29) is 24.4 Å². The minimum atomic E-state index is -0.904. The number of anilines is 1. The molecule has 3 N–H and O–H groups in total. The summed E-state index contributed by atoms with van der Waals surface area (Å²) in [5.41, 5.74) is 1.59. The first kappa shape index (κ1) is 22.6. The molecular formula is C24H31N3O4. The van der Waals surface area contributed by atoms with Crippen LogP contribution in [0.25, 0.3) is 0 Å². The number of urea groups is 1. The lowest BCUT2D eigenvalue weighted by Crippen LogP contribution is -2.48. The van der Waals surface area contributed by atoms with Crippen molar-refractivity contribution in [1.82, 2.24) is 10.2 Å². The fraction of sp³-hybridized carbons (Fsp3) is 0.417. The number of ether oxygens (including phenoxy) is 1. The van der Waals surface area contributed by atoms with Gasteiger partial charge in [-0.15, -0.1) is 0 Å². The van der Waals surface area contributed by atoms with E-state index in [4.69, 9.17) is 4.74 Å². The highest BCUT2D eigenvalue weighted by atomic mass is 16.5. The van der Waals surface area contributed by atoms with Crippen molar-refractivity contribution in [1.29, 1.82) is 0 Å². The molecule has 0 saturated carbocycles. The maximum Gasteiger partial charge on any atom is 0.319 e. The summed E-state index contributed by atoms with van der Waals surface area (Å²) in [4.78, 5) is 26.7. The predicted octanol–water partition coefficient (Wildman–Crippen LogP) is 3.32. The summed E-state index contributed by atoms with van der Waals surface area (Å²) in [5, 5.41) is 15.9. The Hall–Kier alpha value is -3.06. The van der Waals surface area contributed by atoms with Crippen molar-refractivity contribution in [2.75, 3.05) is 19.0 Å². The first-order valence-corrected chi connectivity index (χ1v) is 10.5.